The fraction of sp³-hybridized carbons (Fsp3) is 0.421. The van der Waals surface area contributed by atoms with Gasteiger partial charge in [0.1, 0.15) is 5.52 Å². The highest BCUT2D eigenvalue weighted by atomic mass is 16.5. The maximum absolute atomic E-state index is 5.48. The van der Waals surface area contributed by atoms with Gasteiger partial charge in [-0.3, -0.25) is 0 Å². The molecule has 3 aromatic rings. The number of hydrogen-bond acceptors (Lipinski definition) is 6. The summed E-state index contributed by atoms with van der Waals surface area (Å²) >= 11 is 0. The number of ether oxygens (including phenoxy) is 2. The Labute approximate surface area is 152 Å². The van der Waals surface area contributed by atoms with Gasteiger partial charge in [-0.05, 0) is 18.9 Å². The SMILES string of the molecule is COc1cccc(CNc2ncc3ncn(C4CCCC4)c3n2)c1OC. The van der Waals surface area contributed by atoms with Crippen molar-refractivity contribution in [2.75, 3.05) is 19.5 Å². The normalized spacial score (nSPS) is 14.7. The zero-order valence-electron chi connectivity index (χ0n) is 15.1. The van der Waals surface area contributed by atoms with Gasteiger partial charge in [0.15, 0.2) is 17.1 Å². The minimum Gasteiger partial charge on any atom is -0.493 e. The van der Waals surface area contributed by atoms with Crippen LogP contribution in [-0.2, 0) is 6.54 Å². The van der Waals surface area contributed by atoms with Crippen molar-refractivity contribution < 1.29 is 9.47 Å². The maximum Gasteiger partial charge on any atom is 0.225 e. The molecule has 0 amide bonds. The van der Waals surface area contributed by atoms with Gasteiger partial charge < -0.3 is 19.4 Å². The number of imidazole rings is 1. The fourth-order valence-corrected chi connectivity index (χ4v) is 3.63. The second kappa shape index (κ2) is 7.19. The number of nitrogens with one attached hydrogen (secondary N) is 1. The monoisotopic (exact) mass is 353 g/mol. The number of hydrogen-bond donors (Lipinski definition) is 1. The number of rotatable bonds is 6. The van der Waals surface area contributed by atoms with Crippen LogP contribution < -0.4 is 14.8 Å². The third-order valence-electron chi connectivity index (χ3n) is 4.96. The van der Waals surface area contributed by atoms with Crippen LogP contribution in [0.15, 0.2) is 30.7 Å². The number of anilines is 1. The van der Waals surface area contributed by atoms with Gasteiger partial charge in [0, 0.05) is 18.2 Å². The van der Waals surface area contributed by atoms with Crippen LogP contribution in [0.1, 0.15) is 37.3 Å². The van der Waals surface area contributed by atoms with E-state index in [-0.39, 0.29) is 0 Å². The molecule has 0 atom stereocenters. The van der Waals surface area contributed by atoms with Gasteiger partial charge in [0.05, 0.1) is 26.7 Å². The van der Waals surface area contributed by atoms with E-state index in [2.05, 4.69) is 19.9 Å². The Bertz CT molecular complexity index is 902. The Morgan fingerprint density at radius 2 is 2.00 bits per heavy atom. The molecule has 2 heterocycles. The molecule has 26 heavy (non-hydrogen) atoms. The Kier molecular flexibility index (Phi) is 4.60. The van der Waals surface area contributed by atoms with Crippen LogP contribution >= 0.6 is 0 Å². The molecule has 7 nitrogen and oxygen atoms in total. The predicted octanol–water partition coefficient (Wildman–Crippen LogP) is 3.57. The van der Waals surface area contributed by atoms with Crippen molar-refractivity contribution in [3.05, 3.63) is 36.3 Å². The molecule has 1 aliphatic carbocycles. The fourth-order valence-electron chi connectivity index (χ4n) is 3.63. The summed E-state index contributed by atoms with van der Waals surface area (Å²) in [6.07, 6.45) is 8.61. The van der Waals surface area contributed by atoms with E-state index in [1.165, 1.54) is 25.7 Å². The molecule has 1 aromatic carbocycles. The summed E-state index contributed by atoms with van der Waals surface area (Å²) in [5.41, 5.74) is 2.72. The number of nitrogens with zero attached hydrogens (tertiary/aromatic N) is 4. The minimum atomic E-state index is 0.501. The number of benzene rings is 1. The van der Waals surface area contributed by atoms with Crippen molar-refractivity contribution in [2.24, 2.45) is 0 Å². The van der Waals surface area contributed by atoms with Gasteiger partial charge in [0.2, 0.25) is 5.95 Å². The van der Waals surface area contributed by atoms with Gasteiger partial charge in [-0.25, -0.2) is 9.97 Å². The summed E-state index contributed by atoms with van der Waals surface area (Å²) in [6.45, 7) is 0.545. The summed E-state index contributed by atoms with van der Waals surface area (Å²) in [5, 5.41) is 3.29. The first-order valence-corrected chi connectivity index (χ1v) is 8.93. The predicted molar refractivity (Wildman–Crippen MR) is 99.7 cm³/mol. The Hall–Kier alpha value is -2.83. The number of aromatic nitrogens is 4. The summed E-state index contributed by atoms with van der Waals surface area (Å²) < 4.78 is 13.0. The third kappa shape index (κ3) is 3.05. The molecule has 1 fully saturated rings. The molecule has 0 radical (unpaired) electrons. The maximum atomic E-state index is 5.48. The number of methoxy groups -OCH3 is 2. The Balaban J connectivity index is 1.57. The molecule has 0 aliphatic heterocycles. The molecule has 0 saturated heterocycles. The van der Waals surface area contributed by atoms with Crippen LogP contribution in [0.25, 0.3) is 11.2 Å². The lowest BCUT2D eigenvalue weighted by Gasteiger charge is -2.14. The molecule has 136 valence electrons. The van der Waals surface area contributed by atoms with Crippen molar-refractivity contribution in [2.45, 2.75) is 38.3 Å². The first kappa shape index (κ1) is 16.6. The lowest BCUT2D eigenvalue weighted by atomic mass is 10.2. The third-order valence-corrected chi connectivity index (χ3v) is 4.96. The van der Waals surface area contributed by atoms with Gasteiger partial charge >= 0.3 is 0 Å². The highest BCUT2D eigenvalue weighted by molar-refractivity contribution is 5.71. The minimum absolute atomic E-state index is 0.501. The summed E-state index contributed by atoms with van der Waals surface area (Å²) in [6, 6.07) is 6.32. The first-order chi connectivity index (χ1) is 12.8. The average molecular weight is 353 g/mol. The summed E-state index contributed by atoms with van der Waals surface area (Å²) in [4.78, 5) is 13.5. The molecule has 2 aromatic heterocycles. The van der Waals surface area contributed by atoms with Crippen molar-refractivity contribution in [1.82, 2.24) is 19.5 Å². The summed E-state index contributed by atoms with van der Waals surface area (Å²) in [5.74, 6) is 2.02. The number of fused-ring (bicyclic) bond motifs is 1. The van der Waals surface area contributed by atoms with E-state index in [0.29, 0.717) is 24.3 Å². The van der Waals surface area contributed by atoms with E-state index in [1.54, 1.807) is 20.4 Å². The first-order valence-electron chi connectivity index (χ1n) is 8.93. The van der Waals surface area contributed by atoms with Gasteiger partial charge in [-0.15, -0.1) is 0 Å². The largest absolute Gasteiger partial charge is 0.493 e. The summed E-state index contributed by atoms with van der Waals surface area (Å²) in [7, 11) is 3.28. The zero-order valence-corrected chi connectivity index (χ0v) is 15.1. The lowest BCUT2D eigenvalue weighted by Crippen LogP contribution is -2.08. The van der Waals surface area contributed by atoms with Crippen LogP contribution in [0.2, 0.25) is 0 Å². The Morgan fingerprint density at radius 3 is 2.77 bits per heavy atom. The molecule has 1 saturated carbocycles. The van der Waals surface area contributed by atoms with Gasteiger partial charge in [-0.1, -0.05) is 25.0 Å². The van der Waals surface area contributed by atoms with E-state index in [4.69, 9.17) is 14.5 Å². The molecule has 0 spiro atoms. The van der Waals surface area contributed by atoms with E-state index in [0.717, 1.165) is 22.5 Å². The number of para-hydroxylation sites is 1. The second-order valence-electron chi connectivity index (χ2n) is 6.50. The van der Waals surface area contributed by atoms with Crippen LogP contribution in [0, 0.1) is 0 Å². The highest BCUT2D eigenvalue weighted by Crippen LogP contribution is 2.32. The van der Waals surface area contributed by atoms with Gasteiger partial charge in [0.25, 0.3) is 0 Å². The van der Waals surface area contributed by atoms with Crippen LogP contribution in [0.5, 0.6) is 11.5 Å². The van der Waals surface area contributed by atoms with E-state index in [9.17, 15) is 0 Å². The molecule has 7 heteroatoms. The van der Waals surface area contributed by atoms with E-state index in [1.807, 2.05) is 24.5 Å². The highest BCUT2D eigenvalue weighted by Gasteiger charge is 2.20. The molecular formula is C19H23N5O2. The van der Waals surface area contributed by atoms with Gasteiger partial charge in [-0.2, -0.15) is 4.98 Å². The van der Waals surface area contributed by atoms with Crippen LogP contribution in [0.4, 0.5) is 5.95 Å². The quantitative estimate of drug-likeness (QED) is 0.730. The van der Waals surface area contributed by atoms with E-state index >= 15 is 0 Å². The smallest absolute Gasteiger partial charge is 0.225 e. The lowest BCUT2D eigenvalue weighted by molar-refractivity contribution is 0.352. The molecule has 0 unspecified atom stereocenters. The van der Waals surface area contributed by atoms with Crippen molar-refractivity contribution in [3.63, 3.8) is 0 Å². The molecule has 0 bridgehead atoms. The standard InChI is InChI=1S/C19H23N5O2/c1-25-16-9-5-6-13(17(16)26-2)10-20-19-21-11-15-18(23-19)24(12-22-15)14-7-3-4-8-14/h5-6,9,11-12,14H,3-4,7-8,10H2,1-2H3,(H,20,21,23). The second-order valence-corrected chi connectivity index (χ2v) is 6.50. The Morgan fingerprint density at radius 1 is 1.15 bits per heavy atom. The molecule has 4 rings (SSSR count). The van der Waals surface area contributed by atoms with Crippen LogP contribution in [0.3, 0.4) is 0 Å². The van der Waals surface area contributed by atoms with Crippen molar-refractivity contribution in [3.8, 4) is 11.5 Å². The van der Waals surface area contributed by atoms with E-state index < -0.39 is 0 Å². The average Bonchev–Trinajstić information content (AvgIpc) is 3.34. The molecule has 1 aliphatic rings. The zero-order chi connectivity index (χ0) is 17.9. The van der Waals surface area contributed by atoms with Crippen molar-refractivity contribution in [1.29, 1.82) is 0 Å². The van der Waals surface area contributed by atoms with Crippen molar-refractivity contribution >= 4 is 17.1 Å². The molecule has 1 N–H and O–H groups in total. The van der Waals surface area contributed by atoms with Crippen LogP contribution in [-0.4, -0.2) is 33.7 Å². The topological polar surface area (TPSA) is 74.1 Å². The molecular weight excluding hydrogens is 330 g/mol.